The predicted molar refractivity (Wildman–Crippen MR) is 95.5 cm³/mol. The highest BCUT2D eigenvalue weighted by atomic mass is 35.5. The van der Waals surface area contributed by atoms with Gasteiger partial charge in [0.2, 0.25) is 0 Å². The summed E-state index contributed by atoms with van der Waals surface area (Å²) >= 11 is 12.4. The van der Waals surface area contributed by atoms with Crippen molar-refractivity contribution in [1.29, 1.82) is 0 Å². The van der Waals surface area contributed by atoms with Crippen molar-refractivity contribution in [3.8, 4) is 0 Å². The Kier molecular flexibility index (Phi) is 5.50. The molecule has 1 saturated carbocycles. The van der Waals surface area contributed by atoms with Crippen molar-refractivity contribution in [3.63, 3.8) is 0 Å². The van der Waals surface area contributed by atoms with Crippen LogP contribution in [-0.4, -0.2) is 25.5 Å². The van der Waals surface area contributed by atoms with E-state index in [-0.39, 0.29) is 5.91 Å². The van der Waals surface area contributed by atoms with Crippen LogP contribution in [0.5, 0.6) is 0 Å². The van der Waals surface area contributed by atoms with Crippen LogP contribution in [0, 0.1) is 18.8 Å². The highest BCUT2D eigenvalue weighted by Crippen LogP contribution is 2.33. The average Bonchev–Trinajstić information content (AvgIpc) is 2.55. The van der Waals surface area contributed by atoms with Crippen LogP contribution in [0.1, 0.15) is 37.7 Å². The molecule has 3 atom stereocenters. The Hall–Kier alpha value is -0.770. The van der Waals surface area contributed by atoms with Crippen LogP contribution in [-0.2, 0) is 4.79 Å². The Morgan fingerprint density at radius 1 is 1.22 bits per heavy atom. The fraction of sp³-hybridized carbons (Fsp3) is 0.611. The maximum Gasteiger partial charge on any atom is 0.279 e. The number of rotatable bonds is 3. The van der Waals surface area contributed by atoms with Crippen LogP contribution in [0.25, 0.3) is 0 Å². The van der Waals surface area contributed by atoms with E-state index in [1.54, 1.807) is 6.07 Å². The van der Waals surface area contributed by atoms with Gasteiger partial charge in [-0.05, 0) is 43.7 Å². The molecule has 1 aromatic carbocycles. The Morgan fingerprint density at radius 2 is 1.96 bits per heavy atom. The van der Waals surface area contributed by atoms with Crippen molar-refractivity contribution >= 4 is 34.8 Å². The maximum atomic E-state index is 12.4. The Morgan fingerprint density at radius 3 is 2.74 bits per heavy atom. The average molecular weight is 356 g/mol. The van der Waals surface area contributed by atoms with Crippen LogP contribution in [0.4, 0.5) is 5.69 Å². The monoisotopic (exact) mass is 355 g/mol. The number of amides is 1. The molecule has 2 N–H and O–H groups in total. The van der Waals surface area contributed by atoms with Crippen molar-refractivity contribution in [1.82, 2.24) is 0 Å². The number of aryl methyl sites for hydroxylation is 1. The molecule has 1 unspecified atom stereocenters. The maximum absolute atomic E-state index is 12.4. The zero-order valence-corrected chi connectivity index (χ0v) is 15.1. The number of anilines is 1. The van der Waals surface area contributed by atoms with Gasteiger partial charge in [0.25, 0.3) is 5.91 Å². The molecule has 1 aromatic rings. The first-order valence-corrected chi connectivity index (χ1v) is 9.38. The van der Waals surface area contributed by atoms with Gasteiger partial charge in [0.15, 0.2) is 6.54 Å². The van der Waals surface area contributed by atoms with Gasteiger partial charge in [0, 0.05) is 5.92 Å². The smallest absolute Gasteiger partial charge is 0.279 e. The van der Waals surface area contributed by atoms with Crippen LogP contribution >= 0.6 is 23.2 Å². The summed E-state index contributed by atoms with van der Waals surface area (Å²) in [6, 6.07) is 3.64. The number of fused-ring (bicyclic) bond motifs is 1. The van der Waals surface area contributed by atoms with E-state index in [1.165, 1.54) is 37.0 Å². The topological polar surface area (TPSA) is 33.5 Å². The number of quaternary nitrogens is 1. The lowest BCUT2D eigenvalue weighted by Gasteiger charge is -2.38. The second-order valence-corrected chi connectivity index (χ2v) is 7.86. The number of halogens is 2. The number of likely N-dealkylation sites (tertiary alicyclic amines) is 1. The molecule has 1 aliphatic heterocycles. The third kappa shape index (κ3) is 4.01. The molecule has 1 saturated heterocycles. The van der Waals surface area contributed by atoms with Gasteiger partial charge in [0.05, 0.1) is 28.8 Å². The summed E-state index contributed by atoms with van der Waals surface area (Å²) in [7, 11) is 0. The largest absolute Gasteiger partial charge is 0.327 e. The van der Waals surface area contributed by atoms with Crippen LogP contribution in [0.3, 0.4) is 0 Å². The second-order valence-electron chi connectivity index (χ2n) is 7.08. The summed E-state index contributed by atoms with van der Waals surface area (Å²) in [5.41, 5.74) is 1.46. The summed E-state index contributed by atoms with van der Waals surface area (Å²) in [6.45, 7) is 4.65. The minimum atomic E-state index is 0.00339. The molecular weight excluding hydrogens is 331 g/mol. The summed E-state index contributed by atoms with van der Waals surface area (Å²) in [5.74, 6) is 1.71. The summed E-state index contributed by atoms with van der Waals surface area (Å²) in [4.78, 5) is 13.8. The molecule has 0 spiro atoms. The first kappa shape index (κ1) is 17.1. The number of nitrogens with one attached hydrogen (secondary N) is 2. The number of piperidine rings is 1. The minimum absolute atomic E-state index is 0.00339. The molecule has 0 bridgehead atoms. The number of hydrogen-bond acceptors (Lipinski definition) is 1. The van der Waals surface area contributed by atoms with E-state index in [2.05, 4.69) is 5.32 Å². The lowest BCUT2D eigenvalue weighted by molar-refractivity contribution is -0.902. The van der Waals surface area contributed by atoms with E-state index in [0.29, 0.717) is 22.3 Å². The molecule has 3 rings (SSSR count). The first-order chi connectivity index (χ1) is 11.0. The first-order valence-electron chi connectivity index (χ1n) is 8.62. The fourth-order valence-corrected chi connectivity index (χ4v) is 4.60. The Balaban J connectivity index is 1.59. The van der Waals surface area contributed by atoms with Gasteiger partial charge < -0.3 is 10.2 Å². The highest BCUT2D eigenvalue weighted by molar-refractivity contribution is 6.40. The van der Waals surface area contributed by atoms with E-state index >= 15 is 0 Å². The van der Waals surface area contributed by atoms with Gasteiger partial charge in [-0.25, -0.2) is 0 Å². The van der Waals surface area contributed by atoms with E-state index in [1.807, 2.05) is 13.0 Å². The van der Waals surface area contributed by atoms with Gasteiger partial charge in [-0.1, -0.05) is 42.1 Å². The van der Waals surface area contributed by atoms with E-state index < -0.39 is 0 Å². The summed E-state index contributed by atoms with van der Waals surface area (Å²) < 4.78 is 0. The fourth-order valence-electron chi connectivity index (χ4n) is 4.14. The van der Waals surface area contributed by atoms with Crippen molar-refractivity contribution < 1.29 is 9.69 Å². The van der Waals surface area contributed by atoms with Crippen molar-refractivity contribution in [2.45, 2.75) is 39.0 Å². The summed E-state index contributed by atoms with van der Waals surface area (Å²) in [5, 5.41) is 3.94. The zero-order chi connectivity index (χ0) is 16.4. The molecule has 1 amide bonds. The number of carbonyl (C=O) groups excluding carboxylic acids is 1. The van der Waals surface area contributed by atoms with Gasteiger partial charge in [-0.2, -0.15) is 0 Å². The zero-order valence-electron chi connectivity index (χ0n) is 13.6. The van der Waals surface area contributed by atoms with E-state index in [0.717, 1.165) is 30.5 Å². The van der Waals surface area contributed by atoms with Crippen molar-refractivity contribution in [2.24, 2.45) is 11.8 Å². The normalized spacial score (nSPS) is 27.3. The molecule has 1 heterocycles. The van der Waals surface area contributed by atoms with Crippen LogP contribution < -0.4 is 10.2 Å². The Bertz CT molecular complexity index is 591. The van der Waals surface area contributed by atoms with Gasteiger partial charge in [0.1, 0.15) is 0 Å². The second kappa shape index (κ2) is 7.42. The quantitative estimate of drug-likeness (QED) is 0.856. The lowest BCUT2D eigenvalue weighted by Crippen LogP contribution is -3.15. The van der Waals surface area contributed by atoms with Gasteiger partial charge in [-0.3, -0.25) is 4.79 Å². The highest BCUT2D eigenvalue weighted by Gasteiger charge is 2.34. The van der Waals surface area contributed by atoms with E-state index in [4.69, 9.17) is 23.2 Å². The number of hydrogen-bond donors (Lipinski definition) is 2. The molecule has 23 heavy (non-hydrogen) atoms. The number of carbonyl (C=O) groups is 1. The van der Waals surface area contributed by atoms with Crippen LogP contribution in [0.15, 0.2) is 12.1 Å². The minimum Gasteiger partial charge on any atom is -0.327 e. The molecule has 126 valence electrons. The Labute approximate surface area is 148 Å². The SMILES string of the molecule is Cc1ccc(Cl)c(NC(=O)C[NH+]2CC[C@H]3CCCC[C@@H]3C2)c1Cl. The molecule has 2 aliphatic rings. The molecular formula is C18H25Cl2N2O+. The van der Waals surface area contributed by atoms with Crippen molar-refractivity contribution in [3.05, 3.63) is 27.7 Å². The third-order valence-corrected chi connectivity index (χ3v) is 6.25. The molecule has 5 heteroatoms. The molecule has 3 nitrogen and oxygen atoms in total. The molecule has 0 radical (unpaired) electrons. The molecule has 0 aromatic heterocycles. The number of benzene rings is 1. The standard InChI is InChI=1S/C18H24Cl2N2O/c1-12-6-7-15(19)18(17(12)20)21-16(23)11-22-9-8-13-4-2-3-5-14(13)10-22/h6-7,13-14H,2-5,8-11H2,1H3,(H,21,23)/p+1/t13-,14-/m1/s1. The molecule has 1 aliphatic carbocycles. The van der Waals surface area contributed by atoms with Gasteiger partial charge >= 0.3 is 0 Å². The lowest BCUT2D eigenvalue weighted by atomic mass is 9.75. The van der Waals surface area contributed by atoms with Gasteiger partial charge in [-0.15, -0.1) is 0 Å². The van der Waals surface area contributed by atoms with Crippen LogP contribution in [0.2, 0.25) is 10.0 Å². The summed E-state index contributed by atoms with van der Waals surface area (Å²) in [6.07, 6.45) is 6.74. The van der Waals surface area contributed by atoms with E-state index in [9.17, 15) is 4.79 Å². The molecule has 2 fully saturated rings. The van der Waals surface area contributed by atoms with Crippen molar-refractivity contribution in [2.75, 3.05) is 25.0 Å². The third-order valence-electron chi connectivity index (χ3n) is 5.45. The predicted octanol–water partition coefficient (Wildman–Crippen LogP) is 3.34.